The Labute approximate surface area is 112 Å². The highest BCUT2D eigenvalue weighted by Gasteiger charge is 2.04. The molecular formula is C12H10BrN3S. The molecule has 0 spiro atoms. The largest absolute Gasteiger partial charge is 0.379 e. The molecule has 1 N–H and O–H groups in total. The van der Waals surface area contributed by atoms with Crippen molar-refractivity contribution >= 4 is 33.0 Å². The molecule has 2 aromatic rings. The maximum Gasteiger partial charge on any atom is 0.0992 e. The van der Waals surface area contributed by atoms with Gasteiger partial charge in [-0.2, -0.15) is 5.26 Å². The summed E-state index contributed by atoms with van der Waals surface area (Å²) in [4.78, 5) is 5.43. The summed E-state index contributed by atoms with van der Waals surface area (Å²) in [7, 11) is 0. The smallest absolute Gasteiger partial charge is 0.0992 e. The second kappa shape index (κ2) is 5.30. The molecule has 17 heavy (non-hydrogen) atoms. The number of aryl methyl sites for hydroxylation is 1. The zero-order chi connectivity index (χ0) is 12.3. The van der Waals surface area contributed by atoms with Gasteiger partial charge in [0.2, 0.25) is 0 Å². The van der Waals surface area contributed by atoms with Crippen molar-refractivity contribution in [2.45, 2.75) is 13.5 Å². The second-order valence-electron chi connectivity index (χ2n) is 3.52. The van der Waals surface area contributed by atoms with Crippen LogP contribution in [0.15, 0.2) is 28.2 Å². The Bertz CT molecular complexity index is 571. The molecule has 0 atom stereocenters. The van der Waals surface area contributed by atoms with Crippen molar-refractivity contribution in [3.63, 3.8) is 0 Å². The number of nitrogens with zero attached hydrogens (tertiary/aromatic N) is 2. The highest BCUT2D eigenvalue weighted by molar-refractivity contribution is 9.10. The number of hydrogen-bond donors (Lipinski definition) is 1. The van der Waals surface area contributed by atoms with Gasteiger partial charge in [-0.3, -0.25) is 0 Å². The van der Waals surface area contributed by atoms with E-state index in [0.29, 0.717) is 5.56 Å². The average Bonchev–Trinajstić information content (AvgIpc) is 2.73. The Morgan fingerprint density at radius 1 is 1.53 bits per heavy atom. The Morgan fingerprint density at radius 2 is 2.35 bits per heavy atom. The molecule has 3 nitrogen and oxygen atoms in total. The zero-order valence-corrected chi connectivity index (χ0v) is 11.6. The molecule has 1 heterocycles. The molecule has 0 aliphatic heterocycles. The van der Waals surface area contributed by atoms with Gasteiger partial charge >= 0.3 is 0 Å². The number of benzene rings is 1. The third kappa shape index (κ3) is 2.84. The van der Waals surface area contributed by atoms with Gasteiger partial charge in [-0.05, 0) is 41.1 Å². The predicted octanol–water partition coefficient (Wildman–Crippen LogP) is 3.70. The van der Waals surface area contributed by atoms with Crippen molar-refractivity contribution in [3.8, 4) is 6.07 Å². The number of anilines is 1. The molecule has 0 aliphatic rings. The van der Waals surface area contributed by atoms with Crippen molar-refractivity contribution in [3.05, 3.63) is 44.3 Å². The first-order chi connectivity index (χ1) is 8.20. The fourth-order valence-electron chi connectivity index (χ4n) is 1.40. The van der Waals surface area contributed by atoms with Crippen LogP contribution in [0.25, 0.3) is 0 Å². The minimum absolute atomic E-state index is 0.649. The molecular weight excluding hydrogens is 298 g/mol. The first-order valence-corrected chi connectivity index (χ1v) is 6.70. The topological polar surface area (TPSA) is 48.7 Å². The van der Waals surface area contributed by atoms with Crippen LogP contribution in [0.2, 0.25) is 0 Å². The Morgan fingerprint density at radius 3 is 2.94 bits per heavy atom. The van der Waals surface area contributed by atoms with Crippen LogP contribution >= 0.6 is 27.3 Å². The van der Waals surface area contributed by atoms with Crippen LogP contribution in [0.4, 0.5) is 5.69 Å². The van der Waals surface area contributed by atoms with E-state index < -0.39 is 0 Å². The second-order valence-corrected chi connectivity index (χ2v) is 5.31. The maximum atomic E-state index is 8.77. The van der Waals surface area contributed by atoms with E-state index in [1.807, 2.05) is 24.6 Å². The van der Waals surface area contributed by atoms with Gasteiger partial charge in [-0.25, -0.2) is 4.98 Å². The number of halogens is 1. The first kappa shape index (κ1) is 12.1. The summed E-state index contributed by atoms with van der Waals surface area (Å²) in [6.07, 6.45) is 0. The number of hydrogen-bond acceptors (Lipinski definition) is 4. The number of nitrogens with one attached hydrogen (secondary N) is 1. The van der Waals surface area contributed by atoms with Crippen LogP contribution in [-0.4, -0.2) is 4.98 Å². The molecule has 0 aliphatic carbocycles. The fraction of sp³-hybridized carbons (Fsp3) is 0.167. The van der Waals surface area contributed by atoms with Gasteiger partial charge in [0.05, 0.1) is 29.4 Å². The highest BCUT2D eigenvalue weighted by atomic mass is 79.9. The van der Waals surface area contributed by atoms with Gasteiger partial charge in [0.1, 0.15) is 0 Å². The van der Waals surface area contributed by atoms with E-state index in [-0.39, 0.29) is 0 Å². The maximum absolute atomic E-state index is 8.77. The molecule has 1 aromatic heterocycles. The molecule has 5 heteroatoms. The van der Waals surface area contributed by atoms with Gasteiger partial charge in [0, 0.05) is 15.0 Å². The molecule has 0 saturated heterocycles. The van der Waals surface area contributed by atoms with Crippen LogP contribution in [0.1, 0.15) is 16.1 Å². The summed E-state index contributed by atoms with van der Waals surface area (Å²) in [5.74, 6) is 0. The number of rotatable bonds is 3. The third-order valence-corrected chi connectivity index (χ3v) is 3.97. The van der Waals surface area contributed by atoms with Crippen molar-refractivity contribution in [1.29, 1.82) is 5.26 Å². The molecule has 0 saturated carbocycles. The van der Waals surface area contributed by atoms with Crippen molar-refractivity contribution in [2.75, 3.05) is 5.32 Å². The Hall–Kier alpha value is -1.38. The standard InChI is InChI=1S/C12H10BrN3S/c1-8-12(17-7-16-8)6-15-11-3-2-9(5-14)4-10(11)13/h2-4,7,15H,6H2,1H3. The molecule has 2 rings (SSSR count). The molecule has 0 amide bonds. The third-order valence-electron chi connectivity index (χ3n) is 2.38. The normalized spacial score (nSPS) is 9.94. The van der Waals surface area contributed by atoms with E-state index in [2.05, 4.69) is 32.3 Å². The summed E-state index contributed by atoms with van der Waals surface area (Å²) in [5.41, 5.74) is 4.54. The average molecular weight is 308 g/mol. The molecule has 0 unspecified atom stereocenters. The summed E-state index contributed by atoms with van der Waals surface area (Å²) < 4.78 is 0.902. The lowest BCUT2D eigenvalue weighted by Crippen LogP contribution is -1.99. The highest BCUT2D eigenvalue weighted by Crippen LogP contribution is 2.24. The number of thiazole rings is 1. The van der Waals surface area contributed by atoms with Crippen LogP contribution in [0, 0.1) is 18.3 Å². The minimum Gasteiger partial charge on any atom is -0.379 e. The minimum atomic E-state index is 0.649. The van der Waals surface area contributed by atoms with Crippen molar-refractivity contribution in [1.82, 2.24) is 4.98 Å². The van der Waals surface area contributed by atoms with Crippen LogP contribution in [0.3, 0.4) is 0 Å². The monoisotopic (exact) mass is 307 g/mol. The van der Waals surface area contributed by atoms with Crippen LogP contribution < -0.4 is 5.32 Å². The van der Waals surface area contributed by atoms with Gasteiger partial charge < -0.3 is 5.32 Å². The van der Waals surface area contributed by atoms with E-state index >= 15 is 0 Å². The predicted molar refractivity (Wildman–Crippen MR) is 73.0 cm³/mol. The van der Waals surface area contributed by atoms with Crippen LogP contribution in [-0.2, 0) is 6.54 Å². The summed E-state index contributed by atoms with van der Waals surface area (Å²) >= 11 is 5.09. The van der Waals surface area contributed by atoms with E-state index in [1.165, 1.54) is 4.88 Å². The molecule has 0 bridgehead atoms. The lowest BCUT2D eigenvalue weighted by molar-refractivity contribution is 1.12. The molecule has 1 aromatic carbocycles. The van der Waals surface area contributed by atoms with E-state index in [4.69, 9.17) is 5.26 Å². The van der Waals surface area contributed by atoms with Crippen molar-refractivity contribution in [2.24, 2.45) is 0 Å². The summed E-state index contributed by atoms with van der Waals surface area (Å²) in [6, 6.07) is 7.62. The fourth-order valence-corrected chi connectivity index (χ4v) is 2.64. The zero-order valence-electron chi connectivity index (χ0n) is 9.20. The van der Waals surface area contributed by atoms with Gasteiger partial charge in [0.15, 0.2) is 0 Å². The summed E-state index contributed by atoms with van der Waals surface area (Å²) in [6.45, 7) is 2.75. The Balaban J connectivity index is 2.10. The van der Waals surface area contributed by atoms with Gasteiger partial charge in [-0.1, -0.05) is 0 Å². The quantitative estimate of drug-likeness (QED) is 0.940. The number of aromatic nitrogens is 1. The SMILES string of the molecule is Cc1ncsc1CNc1ccc(C#N)cc1Br. The molecule has 0 radical (unpaired) electrons. The Kier molecular flexibility index (Phi) is 3.77. The van der Waals surface area contributed by atoms with E-state index in [0.717, 1.165) is 22.4 Å². The lowest BCUT2D eigenvalue weighted by Gasteiger charge is -2.07. The van der Waals surface area contributed by atoms with Gasteiger partial charge in [0.25, 0.3) is 0 Å². The van der Waals surface area contributed by atoms with Crippen LogP contribution in [0.5, 0.6) is 0 Å². The van der Waals surface area contributed by atoms with Gasteiger partial charge in [-0.15, -0.1) is 11.3 Å². The van der Waals surface area contributed by atoms with E-state index in [9.17, 15) is 0 Å². The van der Waals surface area contributed by atoms with E-state index in [1.54, 1.807) is 17.4 Å². The van der Waals surface area contributed by atoms with Crippen molar-refractivity contribution < 1.29 is 0 Å². The number of nitriles is 1. The first-order valence-electron chi connectivity index (χ1n) is 5.03. The summed E-state index contributed by atoms with van der Waals surface area (Å²) in [5, 5.41) is 12.1. The lowest BCUT2D eigenvalue weighted by atomic mass is 10.2. The molecule has 0 fully saturated rings. The molecule has 86 valence electrons.